The first-order chi connectivity index (χ1) is 9.99. The van der Waals surface area contributed by atoms with Gasteiger partial charge in [-0.05, 0) is 45.8 Å². The molecular formula is C15H8BrClFNO2. The zero-order valence-corrected chi connectivity index (χ0v) is 12.9. The van der Waals surface area contributed by atoms with Crippen molar-refractivity contribution in [2.45, 2.75) is 6.54 Å². The molecule has 3 rings (SSSR count). The van der Waals surface area contributed by atoms with Gasteiger partial charge in [-0.3, -0.25) is 14.5 Å². The summed E-state index contributed by atoms with van der Waals surface area (Å²) in [6, 6.07) is 9.21. The molecule has 0 fully saturated rings. The minimum atomic E-state index is -0.494. The molecule has 0 aliphatic carbocycles. The van der Waals surface area contributed by atoms with Crippen molar-refractivity contribution in [3.05, 3.63) is 68.4 Å². The summed E-state index contributed by atoms with van der Waals surface area (Å²) in [7, 11) is 0. The molecule has 0 radical (unpaired) electrons. The molecule has 6 heteroatoms. The molecule has 2 aromatic rings. The second-order valence-corrected chi connectivity index (χ2v) is 5.86. The fourth-order valence-electron chi connectivity index (χ4n) is 2.24. The fraction of sp³-hybridized carbons (Fsp3) is 0.0667. The van der Waals surface area contributed by atoms with Crippen LogP contribution in [0.4, 0.5) is 4.39 Å². The van der Waals surface area contributed by atoms with E-state index in [0.717, 1.165) is 4.90 Å². The Labute approximate surface area is 133 Å². The van der Waals surface area contributed by atoms with E-state index in [9.17, 15) is 14.0 Å². The maximum absolute atomic E-state index is 13.6. The lowest BCUT2D eigenvalue weighted by atomic mass is 10.1. The number of hydrogen-bond acceptors (Lipinski definition) is 2. The van der Waals surface area contributed by atoms with Crippen LogP contribution < -0.4 is 0 Å². The van der Waals surface area contributed by atoms with E-state index in [2.05, 4.69) is 15.9 Å². The van der Waals surface area contributed by atoms with Gasteiger partial charge in [-0.2, -0.15) is 0 Å². The highest BCUT2D eigenvalue weighted by Crippen LogP contribution is 2.29. The summed E-state index contributed by atoms with van der Waals surface area (Å²) in [6.45, 7) is -0.0601. The molecule has 0 spiro atoms. The standard InChI is InChI=1S/C15H8BrClFNO2/c16-11-6-12(17)8(5-13(11)18)7-19-14(20)9-3-1-2-4-10(9)15(19)21/h1-6H,7H2. The molecule has 0 unspecified atom stereocenters. The first kappa shape index (κ1) is 14.2. The molecule has 1 aliphatic heterocycles. The molecule has 2 aromatic carbocycles. The van der Waals surface area contributed by atoms with Gasteiger partial charge in [0, 0.05) is 5.02 Å². The third-order valence-corrected chi connectivity index (χ3v) is 4.26. The van der Waals surface area contributed by atoms with Crippen LogP contribution in [0.3, 0.4) is 0 Å². The van der Waals surface area contributed by atoms with Crippen LogP contribution in [0.25, 0.3) is 0 Å². The summed E-state index contributed by atoms with van der Waals surface area (Å²) in [4.78, 5) is 25.5. The number of fused-ring (bicyclic) bond motifs is 1. The number of benzene rings is 2. The number of hydrogen-bond donors (Lipinski definition) is 0. The van der Waals surface area contributed by atoms with Crippen molar-refractivity contribution in [2.75, 3.05) is 0 Å². The molecule has 0 atom stereocenters. The van der Waals surface area contributed by atoms with Crippen molar-refractivity contribution >= 4 is 39.3 Å². The van der Waals surface area contributed by atoms with Gasteiger partial charge in [-0.1, -0.05) is 23.7 Å². The van der Waals surface area contributed by atoms with Crippen molar-refractivity contribution < 1.29 is 14.0 Å². The predicted molar refractivity (Wildman–Crippen MR) is 79.8 cm³/mol. The topological polar surface area (TPSA) is 37.4 Å². The molecule has 0 bridgehead atoms. The number of carbonyl (C=O) groups is 2. The van der Waals surface area contributed by atoms with E-state index in [-0.39, 0.29) is 11.0 Å². The highest BCUT2D eigenvalue weighted by Gasteiger charge is 2.35. The maximum Gasteiger partial charge on any atom is 0.261 e. The first-order valence-electron chi connectivity index (χ1n) is 6.07. The molecule has 2 amide bonds. The van der Waals surface area contributed by atoms with Gasteiger partial charge in [0.2, 0.25) is 0 Å². The molecule has 0 saturated heterocycles. The van der Waals surface area contributed by atoms with E-state index in [1.807, 2.05) is 0 Å². The van der Waals surface area contributed by atoms with E-state index in [1.165, 1.54) is 12.1 Å². The minimum Gasteiger partial charge on any atom is -0.270 e. The summed E-state index contributed by atoms with van der Waals surface area (Å²) < 4.78 is 13.8. The van der Waals surface area contributed by atoms with E-state index < -0.39 is 17.6 Å². The molecule has 21 heavy (non-hydrogen) atoms. The normalized spacial score (nSPS) is 13.8. The predicted octanol–water partition coefficient (Wildman–Crippen LogP) is 4.04. The number of imide groups is 1. The number of amides is 2. The van der Waals surface area contributed by atoms with Crippen molar-refractivity contribution in [1.29, 1.82) is 0 Å². The van der Waals surface area contributed by atoms with E-state index >= 15 is 0 Å². The van der Waals surface area contributed by atoms with Crippen LogP contribution in [-0.4, -0.2) is 16.7 Å². The number of nitrogens with zero attached hydrogens (tertiary/aromatic N) is 1. The Bertz CT molecular complexity index is 743. The molecular weight excluding hydrogens is 361 g/mol. The maximum atomic E-state index is 13.6. The molecule has 1 heterocycles. The third-order valence-electron chi connectivity index (χ3n) is 3.30. The molecule has 0 saturated carbocycles. The summed E-state index contributed by atoms with van der Waals surface area (Å²) >= 11 is 9.07. The average molecular weight is 369 g/mol. The van der Waals surface area contributed by atoms with Crippen LogP contribution in [0.1, 0.15) is 26.3 Å². The highest BCUT2D eigenvalue weighted by molar-refractivity contribution is 9.10. The van der Waals surface area contributed by atoms with Gasteiger partial charge in [0.15, 0.2) is 0 Å². The largest absolute Gasteiger partial charge is 0.270 e. The van der Waals surface area contributed by atoms with Gasteiger partial charge in [0.1, 0.15) is 5.82 Å². The lowest BCUT2D eigenvalue weighted by Crippen LogP contribution is -2.29. The first-order valence-corrected chi connectivity index (χ1v) is 7.25. The van der Waals surface area contributed by atoms with Crippen molar-refractivity contribution in [2.24, 2.45) is 0 Å². The van der Waals surface area contributed by atoms with Gasteiger partial charge in [0.05, 0.1) is 22.1 Å². The van der Waals surface area contributed by atoms with Gasteiger partial charge in [-0.25, -0.2) is 4.39 Å². The van der Waals surface area contributed by atoms with Gasteiger partial charge in [0.25, 0.3) is 11.8 Å². The van der Waals surface area contributed by atoms with Crippen LogP contribution in [0.15, 0.2) is 40.9 Å². The van der Waals surface area contributed by atoms with Crippen LogP contribution in [0, 0.1) is 5.82 Å². The summed E-state index contributed by atoms with van der Waals surface area (Å²) in [5.74, 6) is -1.28. The third kappa shape index (κ3) is 2.36. The van der Waals surface area contributed by atoms with Gasteiger partial charge < -0.3 is 0 Å². The van der Waals surface area contributed by atoms with Crippen molar-refractivity contribution in [3.8, 4) is 0 Å². The van der Waals surface area contributed by atoms with Crippen molar-refractivity contribution in [3.63, 3.8) is 0 Å². The molecule has 0 N–H and O–H groups in total. The fourth-order valence-corrected chi connectivity index (χ4v) is 2.94. The van der Waals surface area contributed by atoms with Gasteiger partial charge >= 0.3 is 0 Å². The molecule has 1 aliphatic rings. The Morgan fingerprint density at radius 3 is 2.24 bits per heavy atom. The minimum absolute atomic E-state index is 0.0601. The quantitative estimate of drug-likeness (QED) is 0.593. The van der Waals surface area contributed by atoms with Crippen LogP contribution >= 0.6 is 27.5 Å². The van der Waals surface area contributed by atoms with E-state index in [1.54, 1.807) is 24.3 Å². The molecule has 0 aromatic heterocycles. The van der Waals surface area contributed by atoms with E-state index in [0.29, 0.717) is 21.7 Å². The van der Waals surface area contributed by atoms with Gasteiger partial charge in [-0.15, -0.1) is 0 Å². The SMILES string of the molecule is O=C1c2ccccc2C(=O)N1Cc1cc(F)c(Br)cc1Cl. The van der Waals surface area contributed by atoms with Crippen LogP contribution in [-0.2, 0) is 6.54 Å². The Morgan fingerprint density at radius 1 is 1.10 bits per heavy atom. The Kier molecular flexibility index (Phi) is 3.55. The highest BCUT2D eigenvalue weighted by atomic mass is 79.9. The zero-order chi connectivity index (χ0) is 15.1. The summed E-state index contributed by atoms with van der Waals surface area (Å²) in [5.41, 5.74) is 1.10. The summed E-state index contributed by atoms with van der Waals surface area (Å²) in [5, 5.41) is 0.292. The number of carbonyl (C=O) groups excluding carboxylic acids is 2. The number of halogens is 3. The Hall–Kier alpha value is -1.72. The lowest BCUT2D eigenvalue weighted by molar-refractivity contribution is 0.0642. The van der Waals surface area contributed by atoms with Crippen molar-refractivity contribution in [1.82, 2.24) is 4.90 Å². The zero-order valence-electron chi connectivity index (χ0n) is 10.6. The summed E-state index contributed by atoms with van der Waals surface area (Å²) in [6.07, 6.45) is 0. The number of rotatable bonds is 2. The van der Waals surface area contributed by atoms with Crippen LogP contribution in [0.2, 0.25) is 5.02 Å². The van der Waals surface area contributed by atoms with E-state index in [4.69, 9.17) is 11.6 Å². The Morgan fingerprint density at radius 2 is 1.67 bits per heavy atom. The smallest absolute Gasteiger partial charge is 0.261 e. The second kappa shape index (κ2) is 5.24. The Balaban J connectivity index is 1.96. The lowest BCUT2D eigenvalue weighted by Gasteiger charge is -2.15. The molecule has 3 nitrogen and oxygen atoms in total. The second-order valence-electron chi connectivity index (χ2n) is 4.60. The average Bonchev–Trinajstić information content (AvgIpc) is 2.70. The monoisotopic (exact) mass is 367 g/mol. The van der Waals surface area contributed by atoms with Crippen LogP contribution in [0.5, 0.6) is 0 Å². The molecule has 106 valence electrons.